The first-order valence-electron chi connectivity index (χ1n) is 7.54. The molecule has 1 N–H and O–H groups in total. The molecule has 6 heteroatoms. The van der Waals surface area contributed by atoms with E-state index in [1.165, 1.54) is 0 Å². The summed E-state index contributed by atoms with van der Waals surface area (Å²) in [5.74, 6) is 1.49. The number of oxazole rings is 1. The molecule has 3 rings (SSSR count). The third-order valence-electron chi connectivity index (χ3n) is 3.44. The number of rotatable bonds is 5. The Morgan fingerprint density at radius 1 is 1.17 bits per heavy atom. The summed E-state index contributed by atoms with van der Waals surface area (Å²) in [7, 11) is 0. The predicted molar refractivity (Wildman–Crippen MR) is 92.9 cm³/mol. The fourth-order valence-corrected chi connectivity index (χ4v) is 2.41. The van der Waals surface area contributed by atoms with Crippen molar-refractivity contribution in [1.82, 2.24) is 9.97 Å². The Labute approximate surface area is 144 Å². The number of nitrogens with zero attached hydrogens (tertiary/aromatic N) is 2. The van der Waals surface area contributed by atoms with Crippen LogP contribution in [0.15, 0.2) is 53.2 Å². The maximum atomic E-state index is 12.0. The zero-order valence-corrected chi connectivity index (χ0v) is 13.9. The molecule has 0 fully saturated rings. The first kappa shape index (κ1) is 16.2. The van der Waals surface area contributed by atoms with Crippen molar-refractivity contribution in [3.8, 4) is 11.3 Å². The lowest BCUT2D eigenvalue weighted by Gasteiger charge is -2.03. The van der Waals surface area contributed by atoms with Crippen LogP contribution in [0.5, 0.6) is 0 Å². The molecule has 0 saturated heterocycles. The molecule has 2 aromatic heterocycles. The molecule has 0 spiro atoms. The number of carbonyl (C=O) groups excluding carboxylic acids is 1. The summed E-state index contributed by atoms with van der Waals surface area (Å²) in [5, 5.41) is 3.35. The van der Waals surface area contributed by atoms with Crippen LogP contribution < -0.4 is 5.32 Å². The van der Waals surface area contributed by atoms with Gasteiger partial charge in [-0.25, -0.2) is 9.97 Å². The summed E-state index contributed by atoms with van der Waals surface area (Å²) in [6.07, 6.45) is 4.00. The minimum absolute atomic E-state index is 0.135. The van der Waals surface area contributed by atoms with Crippen molar-refractivity contribution in [2.45, 2.75) is 19.8 Å². The van der Waals surface area contributed by atoms with E-state index in [0.29, 0.717) is 28.9 Å². The Morgan fingerprint density at radius 2 is 2.00 bits per heavy atom. The molecule has 0 saturated carbocycles. The lowest BCUT2D eigenvalue weighted by atomic mass is 10.2. The highest BCUT2D eigenvalue weighted by Gasteiger charge is 2.11. The lowest BCUT2D eigenvalue weighted by Crippen LogP contribution is -2.13. The maximum Gasteiger partial charge on any atom is 0.226 e. The van der Waals surface area contributed by atoms with Gasteiger partial charge in [0.2, 0.25) is 5.91 Å². The molecule has 5 nitrogen and oxygen atoms in total. The Hall–Kier alpha value is -2.66. The Balaban J connectivity index is 1.58. The summed E-state index contributed by atoms with van der Waals surface area (Å²) < 4.78 is 5.68. The Bertz CT molecular complexity index is 843. The van der Waals surface area contributed by atoms with Crippen molar-refractivity contribution >= 4 is 23.3 Å². The average Bonchev–Trinajstić information content (AvgIpc) is 3.04. The van der Waals surface area contributed by atoms with Crippen LogP contribution in [0.4, 0.5) is 5.82 Å². The van der Waals surface area contributed by atoms with Crippen LogP contribution in [0.3, 0.4) is 0 Å². The number of anilines is 1. The van der Waals surface area contributed by atoms with Crippen LogP contribution in [0.1, 0.15) is 17.9 Å². The number of amides is 1. The molecule has 0 aliphatic heterocycles. The van der Waals surface area contributed by atoms with Crippen LogP contribution in [0.2, 0.25) is 5.02 Å². The molecule has 0 aliphatic carbocycles. The van der Waals surface area contributed by atoms with Crippen molar-refractivity contribution in [3.05, 3.63) is 65.3 Å². The van der Waals surface area contributed by atoms with Gasteiger partial charge in [-0.1, -0.05) is 29.8 Å². The largest absolute Gasteiger partial charge is 0.441 e. The summed E-state index contributed by atoms with van der Waals surface area (Å²) in [6.45, 7) is 1.94. The number of aryl methyl sites for hydroxylation is 2. The second-order valence-corrected chi connectivity index (χ2v) is 5.77. The van der Waals surface area contributed by atoms with Crippen molar-refractivity contribution in [2.75, 3.05) is 5.32 Å². The molecule has 0 radical (unpaired) electrons. The number of aromatic nitrogens is 2. The maximum absolute atomic E-state index is 12.0. The standard InChI is InChI=1S/C18H16ClN3O2/c1-12-6-7-16(20-10-12)22-17(23)8-9-18-21-11-15(24-18)13-4-2-3-5-14(13)19/h2-7,10-11H,8-9H2,1H3,(H,20,22,23). The van der Waals surface area contributed by atoms with Crippen LogP contribution in [0.25, 0.3) is 11.3 Å². The van der Waals surface area contributed by atoms with Gasteiger partial charge in [-0.3, -0.25) is 4.79 Å². The number of halogens is 1. The molecule has 1 aromatic carbocycles. The minimum atomic E-state index is -0.135. The molecular formula is C18H16ClN3O2. The molecule has 0 unspecified atom stereocenters. The molecule has 0 bridgehead atoms. The van der Waals surface area contributed by atoms with Crippen molar-refractivity contribution < 1.29 is 9.21 Å². The van der Waals surface area contributed by atoms with Gasteiger partial charge in [0.25, 0.3) is 0 Å². The van der Waals surface area contributed by atoms with Gasteiger partial charge in [-0.05, 0) is 30.7 Å². The van der Waals surface area contributed by atoms with Crippen LogP contribution in [-0.4, -0.2) is 15.9 Å². The zero-order chi connectivity index (χ0) is 16.9. The number of hydrogen-bond acceptors (Lipinski definition) is 4. The topological polar surface area (TPSA) is 68.0 Å². The second-order valence-electron chi connectivity index (χ2n) is 5.37. The minimum Gasteiger partial charge on any atom is -0.441 e. The highest BCUT2D eigenvalue weighted by atomic mass is 35.5. The normalized spacial score (nSPS) is 10.6. The smallest absolute Gasteiger partial charge is 0.226 e. The SMILES string of the molecule is Cc1ccc(NC(=O)CCc2ncc(-c3ccccc3Cl)o2)nc1. The number of nitrogens with one attached hydrogen (secondary N) is 1. The number of hydrogen-bond donors (Lipinski definition) is 1. The van der Waals surface area contributed by atoms with E-state index in [9.17, 15) is 4.79 Å². The van der Waals surface area contributed by atoms with Gasteiger partial charge in [0, 0.05) is 24.6 Å². The number of carbonyl (C=O) groups is 1. The molecule has 0 aliphatic rings. The fraction of sp³-hybridized carbons (Fsp3) is 0.167. The summed E-state index contributed by atoms with van der Waals surface area (Å²) in [4.78, 5) is 20.3. The summed E-state index contributed by atoms with van der Waals surface area (Å²) >= 11 is 6.14. The van der Waals surface area contributed by atoms with Gasteiger partial charge in [0.1, 0.15) is 5.82 Å². The molecule has 3 aromatic rings. The fourth-order valence-electron chi connectivity index (χ4n) is 2.18. The predicted octanol–water partition coefficient (Wildman–Crippen LogP) is 4.27. The quantitative estimate of drug-likeness (QED) is 0.752. The monoisotopic (exact) mass is 341 g/mol. The second kappa shape index (κ2) is 7.27. The van der Waals surface area contributed by atoms with E-state index in [2.05, 4.69) is 15.3 Å². The first-order chi connectivity index (χ1) is 11.6. The Morgan fingerprint density at radius 3 is 2.75 bits per heavy atom. The van der Waals surface area contributed by atoms with Crippen LogP contribution in [0, 0.1) is 6.92 Å². The van der Waals surface area contributed by atoms with Gasteiger partial charge >= 0.3 is 0 Å². The van der Waals surface area contributed by atoms with E-state index in [4.69, 9.17) is 16.0 Å². The third kappa shape index (κ3) is 4.00. The van der Waals surface area contributed by atoms with Gasteiger partial charge in [0.15, 0.2) is 11.7 Å². The van der Waals surface area contributed by atoms with Gasteiger partial charge < -0.3 is 9.73 Å². The molecule has 24 heavy (non-hydrogen) atoms. The van der Waals surface area contributed by atoms with Gasteiger partial charge in [-0.15, -0.1) is 0 Å². The number of pyridine rings is 1. The first-order valence-corrected chi connectivity index (χ1v) is 7.92. The van der Waals surface area contributed by atoms with Crippen LogP contribution in [-0.2, 0) is 11.2 Å². The van der Waals surface area contributed by atoms with E-state index < -0.39 is 0 Å². The van der Waals surface area contributed by atoms with Gasteiger partial charge in [-0.2, -0.15) is 0 Å². The van der Waals surface area contributed by atoms with Crippen LogP contribution >= 0.6 is 11.6 Å². The van der Waals surface area contributed by atoms with Crippen molar-refractivity contribution in [2.24, 2.45) is 0 Å². The average molecular weight is 342 g/mol. The summed E-state index contributed by atoms with van der Waals surface area (Å²) in [6, 6.07) is 11.1. The van der Waals surface area contributed by atoms with Crippen molar-refractivity contribution in [3.63, 3.8) is 0 Å². The molecular weight excluding hydrogens is 326 g/mol. The highest BCUT2D eigenvalue weighted by Crippen LogP contribution is 2.28. The van der Waals surface area contributed by atoms with Gasteiger partial charge in [0.05, 0.1) is 11.2 Å². The third-order valence-corrected chi connectivity index (χ3v) is 3.77. The molecule has 122 valence electrons. The summed E-state index contributed by atoms with van der Waals surface area (Å²) in [5.41, 5.74) is 1.83. The molecule has 1 amide bonds. The lowest BCUT2D eigenvalue weighted by molar-refractivity contribution is -0.116. The number of benzene rings is 1. The van der Waals surface area contributed by atoms with E-state index in [1.807, 2.05) is 31.2 Å². The van der Waals surface area contributed by atoms with E-state index in [0.717, 1.165) is 11.1 Å². The highest BCUT2D eigenvalue weighted by molar-refractivity contribution is 6.33. The van der Waals surface area contributed by atoms with E-state index in [1.54, 1.807) is 24.5 Å². The van der Waals surface area contributed by atoms with Crippen molar-refractivity contribution in [1.29, 1.82) is 0 Å². The molecule has 0 atom stereocenters. The van der Waals surface area contributed by atoms with E-state index in [-0.39, 0.29) is 12.3 Å². The zero-order valence-electron chi connectivity index (χ0n) is 13.1. The Kier molecular flexibility index (Phi) is 4.91. The van der Waals surface area contributed by atoms with E-state index >= 15 is 0 Å². The molecule has 2 heterocycles.